The third kappa shape index (κ3) is 1.85. The van der Waals surface area contributed by atoms with Gasteiger partial charge in [-0.15, -0.1) is 11.8 Å². The number of carbonyl (C=O) groups excluding carboxylic acids is 1. The summed E-state index contributed by atoms with van der Waals surface area (Å²) in [7, 11) is 0. The average molecular weight is 206 g/mol. The lowest BCUT2D eigenvalue weighted by Gasteiger charge is -2.04. The van der Waals surface area contributed by atoms with E-state index in [0.29, 0.717) is 11.7 Å². The molecule has 74 valence electrons. The van der Waals surface area contributed by atoms with Crippen LogP contribution in [0.1, 0.15) is 28.8 Å². The van der Waals surface area contributed by atoms with Crippen LogP contribution in [-0.2, 0) is 0 Å². The van der Waals surface area contributed by atoms with Crippen LogP contribution in [-0.4, -0.2) is 12.0 Å². The van der Waals surface area contributed by atoms with Gasteiger partial charge in [0.15, 0.2) is 5.78 Å². The topological polar surface area (TPSA) is 17.1 Å². The van der Waals surface area contributed by atoms with Gasteiger partial charge in [-0.2, -0.15) is 0 Å². The molecule has 2 heteroatoms. The summed E-state index contributed by atoms with van der Waals surface area (Å²) in [6.45, 7) is 2.06. The Kier molecular flexibility index (Phi) is 2.64. The minimum Gasteiger partial charge on any atom is -0.294 e. The standard InChI is InChI=1S/C12H14OS/c1-8-7-10(5-6-11(8)14-2)12(13)9-3-4-9/h5-7,9H,3-4H2,1-2H3. The van der Waals surface area contributed by atoms with Crippen molar-refractivity contribution in [1.82, 2.24) is 0 Å². The van der Waals surface area contributed by atoms with Crippen LogP contribution in [0.5, 0.6) is 0 Å². The van der Waals surface area contributed by atoms with Crippen LogP contribution in [0.2, 0.25) is 0 Å². The van der Waals surface area contributed by atoms with E-state index in [4.69, 9.17) is 0 Å². The first-order chi connectivity index (χ1) is 6.72. The Morgan fingerprint density at radius 3 is 2.64 bits per heavy atom. The normalized spacial score (nSPS) is 15.6. The van der Waals surface area contributed by atoms with Gasteiger partial charge in [0.2, 0.25) is 0 Å². The molecule has 0 amide bonds. The van der Waals surface area contributed by atoms with Crippen LogP contribution in [0.15, 0.2) is 23.1 Å². The van der Waals surface area contributed by atoms with Crippen LogP contribution in [0.4, 0.5) is 0 Å². The Morgan fingerprint density at radius 1 is 1.43 bits per heavy atom. The summed E-state index contributed by atoms with van der Waals surface area (Å²) in [5, 5.41) is 0. The van der Waals surface area contributed by atoms with Gasteiger partial charge in [0.1, 0.15) is 0 Å². The summed E-state index contributed by atoms with van der Waals surface area (Å²) in [5.74, 6) is 0.662. The number of Topliss-reactive ketones (excluding diaryl/α,β-unsaturated/α-hetero) is 1. The van der Waals surface area contributed by atoms with Crippen LogP contribution in [0, 0.1) is 12.8 Å². The lowest BCUT2D eigenvalue weighted by atomic mass is 10.1. The third-order valence-electron chi connectivity index (χ3n) is 2.63. The molecule has 1 saturated carbocycles. The zero-order valence-electron chi connectivity index (χ0n) is 8.54. The molecule has 1 fully saturated rings. The maximum absolute atomic E-state index is 11.8. The summed E-state index contributed by atoms with van der Waals surface area (Å²) in [6.07, 6.45) is 4.23. The molecule has 1 aliphatic carbocycles. The van der Waals surface area contributed by atoms with Gasteiger partial charge in [-0.1, -0.05) is 6.07 Å². The van der Waals surface area contributed by atoms with Crippen LogP contribution >= 0.6 is 11.8 Å². The van der Waals surface area contributed by atoms with Gasteiger partial charge in [0.05, 0.1) is 0 Å². The molecule has 1 aromatic rings. The smallest absolute Gasteiger partial charge is 0.165 e. The Bertz CT molecular complexity index is 367. The molecule has 0 heterocycles. The van der Waals surface area contributed by atoms with Gasteiger partial charge in [-0.05, 0) is 43.7 Å². The van der Waals surface area contributed by atoms with Crippen molar-refractivity contribution >= 4 is 17.5 Å². The number of benzene rings is 1. The van der Waals surface area contributed by atoms with Gasteiger partial charge in [-0.25, -0.2) is 0 Å². The number of hydrogen-bond acceptors (Lipinski definition) is 2. The minimum absolute atomic E-state index is 0.328. The largest absolute Gasteiger partial charge is 0.294 e. The molecule has 0 N–H and O–H groups in total. The monoisotopic (exact) mass is 206 g/mol. The zero-order chi connectivity index (χ0) is 10.1. The van der Waals surface area contributed by atoms with Crippen molar-refractivity contribution in [3.8, 4) is 0 Å². The molecule has 0 spiro atoms. The summed E-state index contributed by atoms with van der Waals surface area (Å²) in [4.78, 5) is 13.0. The van der Waals surface area contributed by atoms with Gasteiger partial charge < -0.3 is 0 Å². The second kappa shape index (κ2) is 3.77. The van der Waals surface area contributed by atoms with E-state index in [-0.39, 0.29) is 0 Å². The number of ketones is 1. The van der Waals surface area contributed by atoms with E-state index in [1.54, 1.807) is 11.8 Å². The van der Waals surface area contributed by atoms with Crippen molar-refractivity contribution in [1.29, 1.82) is 0 Å². The highest BCUT2D eigenvalue weighted by Gasteiger charge is 2.30. The molecule has 2 rings (SSSR count). The molecule has 1 nitrogen and oxygen atoms in total. The van der Waals surface area contributed by atoms with Crippen molar-refractivity contribution in [2.75, 3.05) is 6.26 Å². The average Bonchev–Trinajstić information content (AvgIpc) is 3.00. The molecule has 0 atom stereocenters. The lowest BCUT2D eigenvalue weighted by molar-refractivity contribution is 0.0967. The Balaban J connectivity index is 2.27. The van der Waals surface area contributed by atoms with Crippen molar-refractivity contribution < 1.29 is 4.79 Å². The third-order valence-corrected chi connectivity index (χ3v) is 3.53. The summed E-state index contributed by atoms with van der Waals surface area (Å²) >= 11 is 1.73. The molecular formula is C12H14OS. The first-order valence-electron chi connectivity index (χ1n) is 4.91. The Labute approximate surface area is 88.9 Å². The van der Waals surface area contributed by atoms with E-state index < -0.39 is 0 Å². The van der Waals surface area contributed by atoms with Crippen LogP contribution in [0.25, 0.3) is 0 Å². The molecule has 0 saturated heterocycles. The zero-order valence-corrected chi connectivity index (χ0v) is 9.36. The summed E-state index contributed by atoms with van der Waals surface area (Å²) in [6, 6.07) is 6.03. The van der Waals surface area contributed by atoms with Crippen molar-refractivity contribution in [3.63, 3.8) is 0 Å². The van der Waals surface area contributed by atoms with Crippen LogP contribution < -0.4 is 0 Å². The maximum atomic E-state index is 11.8. The predicted octanol–water partition coefficient (Wildman–Crippen LogP) is 3.31. The summed E-state index contributed by atoms with van der Waals surface area (Å²) < 4.78 is 0. The van der Waals surface area contributed by atoms with Gasteiger partial charge in [-0.3, -0.25) is 4.79 Å². The van der Waals surface area contributed by atoms with E-state index in [0.717, 1.165) is 18.4 Å². The second-order valence-electron chi connectivity index (χ2n) is 3.82. The van der Waals surface area contributed by atoms with E-state index in [9.17, 15) is 4.79 Å². The number of rotatable bonds is 3. The van der Waals surface area contributed by atoms with Crippen molar-refractivity contribution in [2.45, 2.75) is 24.7 Å². The molecule has 14 heavy (non-hydrogen) atoms. The summed E-state index contributed by atoms with van der Waals surface area (Å²) in [5.41, 5.74) is 2.10. The lowest BCUT2D eigenvalue weighted by Crippen LogP contribution is -2.01. The quantitative estimate of drug-likeness (QED) is 0.557. The Morgan fingerprint density at radius 2 is 2.14 bits per heavy atom. The molecule has 1 aromatic carbocycles. The maximum Gasteiger partial charge on any atom is 0.165 e. The molecule has 0 aliphatic heterocycles. The predicted molar refractivity (Wildman–Crippen MR) is 60.0 cm³/mol. The molecule has 0 unspecified atom stereocenters. The van der Waals surface area contributed by atoms with E-state index in [2.05, 4.69) is 19.2 Å². The molecule has 1 aliphatic rings. The van der Waals surface area contributed by atoms with Gasteiger partial charge in [0, 0.05) is 16.4 Å². The van der Waals surface area contributed by atoms with E-state index in [1.807, 2.05) is 12.1 Å². The first kappa shape index (κ1) is 9.78. The van der Waals surface area contributed by atoms with Gasteiger partial charge >= 0.3 is 0 Å². The molecule has 0 bridgehead atoms. The molecular weight excluding hydrogens is 192 g/mol. The van der Waals surface area contributed by atoms with Crippen LogP contribution in [0.3, 0.4) is 0 Å². The highest BCUT2D eigenvalue weighted by atomic mass is 32.2. The van der Waals surface area contributed by atoms with Crippen molar-refractivity contribution in [2.24, 2.45) is 5.92 Å². The fourth-order valence-electron chi connectivity index (χ4n) is 1.61. The second-order valence-corrected chi connectivity index (χ2v) is 4.67. The SMILES string of the molecule is CSc1ccc(C(=O)C2CC2)cc1C. The van der Waals surface area contributed by atoms with Crippen molar-refractivity contribution in [3.05, 3.63) is 29.3 Å². The highest BCUT2D eigenvalue weighted by molar-refractivity contribution is 7.98. The number of hydrogen-bond donors (Lipinski definition) is 0. The van der Waals surface area contributed by atoms with Gasteiger partial charge in [0.25, 0.3) is 0 Å². The molecule has 0 aromatic heterocycles. The highest BCUT2D eigenvalue weighted by Crippen LogP contribution is 2.33. The Hall–Kier alpha value is -0.760. The fourth-order valence-corrected chi connectivity index (χ4v) is 2.20. The number of carbonyl (C=O) groups is 1. The first-order valence-corrected chi connectivity index (χ1v) is 6.13. The number of thioether (sulfide) groups is 1. The van der Waals surface area contributed by atoms with E-state index in [1.165, 1.54) is 10.5 Å². The molecule has 0 radical (unpaired) electrons. The minimum atomic E-state index is 0.328. The number of aryl methyl sites for hydroxylation is 1. The fraction of sp³-hybridized carbons (Fsp3) is 0.417. The van der Waals surface area contributed by atoms with E-state index >= 15 is 0 Å².